The van der Waals surface area contributed by atoms with Crippen LogP contribution in [-0.2, 0) is 0 Å². The minimum absolute atomic E-state index is 0. The SMILES string of the molecule is CC[C@@H](N)c1ccc(-c2c(O)cc(Cl)c3[nH]c(=O)c4sccc4c23)cc1.Cl. The molecule has 0 unspecified atom stereocenters. The molecule has 0 saturated heterocycles. The van der Waals surface area contributed by atoms with Gasteiger partial charge < -0.3 is 15.8 Å². The minimum Gasteiger partial charge on any atom is -0.507 e. The highest BCUT2D eigenvalue weighted by Gasteiger charge is 2.18. The maximum Gasteiger partial charge on any atom is 0.266 e. The number of halogens is 2. The summed E-state index contributed by atoms with van der Waals surface area (Å²) in [5.41, 5.74) is 8.99. The van der Waals surface area contributed by atoms with Gasteiger partial charge in [0.05, 0.1) is 10.5 Å². The Kier molecular flexibility index (Phi) is 5.49. The Bertz CT molecular complexity index is 1180. The second-order valence-electron chi connectivity index (χ2n) is 6.26. The summed E-state index contributed by atoms with van der Waals surface area (Å²) in [5.74, 6) is 0.0783. The smallest absolute Gasteiger partial charge is 0.266 e. The second kappa shape index (κ2) is 7.52. The Hall–Kier alpha value is -2.05. The van der Waals surface area contributed by atoms with Crippen LogP contribution >= 0.6 is 35.3 Å². The van der Waals surface area contributed by atoms with Gasteiger partial charge in [-0.25, -0.2) is 0 Å². The Labute approximate surface area is 171 Å². The number of aromatic nitrogens is 1. The van der Waals surface area contributed by atoms with Crippen LogP contribution in [0.4, 0.5) is 0 Å². The quantitative estimate of drug-likeness (QED) is 0.403. The van der Waals surface area contributed by atoms with Crippen molar-refractivity contribution in [3.05, 3.63) is 62.7 Å². The molecule has 1 atom stereocenters. The van der Waals surface area contributed by atoms with Crippen molar-refractivity contribution in [3.8, 4) is 16.9 Å². The topological polar surface area (TPSA) is 79.1 Å². The predicted molar refractivity (Wildman–Crippen MR) is 117 cm³/mol. The Morgan fingerprint density at radius 1 is 1.26 bits per heavy atom. The molecule has 0 bridgehead atoms. The first kappa shape index (κ1) is 19.7. The van der Waals surface area contributed by atoms with E-state index in [2.05, 4.69) is 4.98 Å². The molecule has 2 heterocycles. The molecule has 0 aliphatic rings. The van der Waals surface area contributed by atoms with E-state index in [9.17, 15) is 9.90 Å². The summed E-state index contributed by atoms with van der Waals surface area (Å²) in [4.78, 5) is 15.2. The summed E-state index contributed by atoms with van der Waals surface area (Å²) in [7, 11) is 0. The molecule has 4 nitrogen and oxygen atoms in total. The number of pyridine rings is 1. The Balaban J connectivity index is 0.00000210. The van der Waals surface area contributed by atoms with Gasteiger partial charge in [-0.15, -0.1) is 23.7 Å². The number of rotatable bonds is 3. The predicted octanol–water partition coefficient (Wildman–Crippen LogP) is 5.60. The average Bonchev–Trinajstić information content (AvgIpc) is 3.13. The second-order valence-corrected chi connectivity index (χ2v) is 7.58. The van der Waals surface area contributed by atoms with Crippen molar-refractivity contribution < 1.29 is 5.11 Å². The van der Waals surface area contributed by atoms with Gasteiger partial charge >= 0.3 is 0 Å². The van der Waals surface area contributed by atoms with E-state index < -0.39 is 0 Å². The van der Waals surface area contributed by atoms with Crippen LogP contribution in [-0.4, -0.2) is 10.1 Å². The molecule has 0 aliphatic carbocycles. The number of thiophene rings is 1. The molecule has 2 aromatic carbocycles. The van der Waals surface area contributed by atoms with Crippen LogP contribution in [0.15, 0.2) is 46.6 Å². The number of nitrogens with one attached hydrogen (secondary N) is 1. The van der Waals surface area contributed by atoms with Gasteiger partial charge in [-0.1, -0.05) is 42.8 Å². The molecule has 0 spiro atoms. The lowest BCUT2D eigenvalue weighted by Crippen LogP contribution is -2.08. The molecular weight excluding hydrogens is 403 g/mol. The lowest BCUT2D eigenvalue weighted by atomic mass is 9.95. The van der Waals surface area contributed by atoms with Gasteiger partial charge in [0.15, 0.2) is 0 Å². The van der Waals surface area contributed by atoms with E-state index in [1.165, 1.54) is 17.4 Å². The van der Waals surface area contributed by atoms with Crippen molar-refractivity contribution >= 4 is 56.3 Å². The Morgan fingerprint density at radius 3 is 2.63 bits per heavy atom. The molecule has 0 aliphatic heterocycles. The third-order valence-electron chi connectivity index (χ3n) is 4.71. The molecule has 0 fully saturated rings. The van der Waals surface area contributed by atoms with Crippen LogP contribution in [0, 0.1) is 0 Å². The van der Waals surface area contributed by atoms with Crippen LogP contribution in [0.2, 0.25) is 5.02 Å². The molecule has 0 radical (unpaired) electrons. The van der Waals surface area contributed by atoms with Crippen LogP contribution in [0.1, 0.15) is 24.9 Å². The van der Waals surface area contributed by atoms with E-state index in [0.717, 1.165) is 28.3 Å². The van der Waals surface area contributed by atoms with Crippen molar-refractivity contribution in [1.29, 1.82) is 0 Å². The number of aromatic amines is 1. The Morgan fingerprint density at radius 2 is 1.96 bits per heavy atom. The molecule has 140 valence electrons. The number of hydrogen-bond acceptors (Lipinski definition) is 4. The normalized spacial score (nSPS) is 12.3. The molecule has 4 aromatic rings. The zero-order chi connectivity index (χ0) is 18.4. The number of aromatic hydroxyl groups is 1. The number of hydrogen-bond donors (Lipinski definition) is 3. The molecular formula is C20H18Cl2N2O2S. The first-order valence-electron chi connectivity index (χ1n) is 8.31. The number of benzene rings is 2. The first-order chi connectivity index (χ1) is 12.5. The van der Waals surface area contributed by atoms with E-state index >= 15 is 0 Å². The molecule has 0 amide bonds. The molecule has 27 heavy (non-hydrogen) atoms. The molecule has 0 saturated carbocycles. The van der Waals surface area contributed by atoms with Gasteiger partial charge in [0, 0.05) is 28.4 Å². The van der Waals surface area contributed by atoms with Crippen LogP contribution < -0.4 is 11.3 Å². The zero-order valence-electron chi connectivity index (χ0n) is 14.5. The van der Waals surface area contributed by atoms with Crippen LogP contribution in [0.25, 0.3) is 32.1 Å². The number of phenols is 1. The lowest BCUT2D eigenvalue weighted by molar-refractivity contribution is 0.478. The maximum atomic E-state index is 12.3. The standard InChI is InChI=1S/C20H17ClN2O2S.ClH/c1-2-14(22)10-3-5-11(6-4-10)16-15(24)9-13(21)18-17(16)12-7-8-26-19(12)20(25)23-18;/h3-9,14,24H,2,22H2,1H3,(H,23,25);1H/t14-;/m1./s1. The highest BCUT2D eigenvalue weighted by molar-refractivity contribution is 7.17. The van der Waals surface area contributed by atoms with Crippen LogP contribution in [0.5, 0.6) is 5.75 Å². The molecule has 4 N–H and O–H groups in total. The average molecular weight is 421 g/mol. The van der Waals surface area contributed by atoms with Crippen molar-refractivity contribution in [3.63, 3.8) is 0 Å². The van der Waals surface area contributed by atoms with Gasteiger partial charge in [-0.05, 0) is 29.0 Å². The van der Waals surface area contributed by atoms with Gasteiger partial charge in [0.2, 0.25) is 0 Å². The summed E-state index contributed by atoms with van der Waals surface area (Å²) in [6.07, 6.45) is 0.852. The summed E-state index contributed by atoms with van der Waals surface area (Å²) in [6.45, 7) is 2.04. The van der Waals surface area contributed by atoms with E-state index in [0.29, 0.717) is 20.8 Å². The summed E-state index contributed by atoms with van der Waals surface area (Å²) >= 11 is 7.67. The number of phenolic OH excluding ortho intramolecular Hbond substituents is 1. The van der Waals surface area contributed by atoms with Crippen molar-refractivity contribution in [2.45, 2.75) is 19.4 Å². The van der Waals surface area contributed by atoms with E-state index in [4.69, 9.17) is 17.3 Å². The highest BCUT2D eigenvalue weighted by atomic mass is 35.5. The fraction of sp³-hybridized carbons (Fsp3) is 0.150. The number of fused-ring (bicyclic) bond motifs is 3. The number of nitrogens with two attached hydrogens (primary N) is 1. The molecule has 7 heteroatoms. The fourth-order valence-electron chi connectivity index (χ4n) is 3.31. The van der Waals surface area contributed by atoms with E-state index in [-0.39, 0.29) is 29.8 Å². The van der Waals surface area contributed by atoms with Crippen molar-refractivity contribution in [2.75, 3.05) is 0 Å². The molecule has 2 aromatic heterocycles. The van der Waals surface area contributed by atoms with Gasteiger partial charge in [-0.2, -0.15) is 0 Å². The summed E-state index contributed by atoms with van der Waals surface area (Å²) in [6, 6.07) is 11.2. The third-order valence-corrected chi connectivity index (χ3v) is 5.92. The summed E-state index contributed by atoms with van der Waals surface area (Å²) < 4.78 is 0.616. The van der Waals surface area contributed by atoms with E-state index in [1.807, 2.05) is 42.6 Å². The number of H-pyrrole nitrogens is 1. The largest absolute Gasteiger partial charge is 0.507 e. The van der Waals surface area contributed by atoms with Gasteiger partial charge in [0.1, 0.15) is 10.4 Å². The fourth-order valence-corrected chi connectivity index (χ4v) is 4.35. The summed E-state index contributed by atoms with van der Waals surface area (Å²) in [5, 5.41) is 14.4. The van der Waals surface area contributed by atoms with Crippen LogP contribution in [0.3, 0.4) is 0 Å². The minimum atomic E-state index is -0.176. The zero-order valence-corrected chi connectivity index (χ0v) is 16.8. The highest BCUT2D eigenvalue weighted by Crippen LogP contribution is 2.42. The third kappa shape index (κ3) is 3.21. The first-order valence-corrected chi connectivity index (χ1v) is 9.57. The van der Waals surface area contributed by atoms with Gasteiger partial charge in [0.25, 0.3) is 5.56 Å². The van der Waals surface area contributed by atoms with Crippen molar-refractivity contribution in [1.82, 2.24) is 4.98 Å². The maximum absolute atomic E-state index is 12.3. The van der Waals surface area contributed by atoms with Gasteiger partial charge in [-0.3, -0.25) is 4.79 Å². The molecule has 4 rings (SSSR count). The monoisotopic (exact) mass is 420 g/mol. The lowest BCUT2D eigenvalue weighted by Gasteiger charge is -2.14. The van der Waals surface area contributed by atoms with Crippen molar-refractivity contribution in [2.24, 2.45) is 5.73 Å². The van der Waals surface area contributed by atoms with E-state index in [1.54, 1.807) is 0 Å².